The summed E-state index contributed by atoms with van der Waals surface area (Å²) in [6, 6.07) is 11.0. The number of halogens is 2. The molecule has 0 bridgehead atoms. The summed E-state index contributed by atoms with van der Waals surface area (Å²) in [6.45, 7) is 4.54. The molecule has 0 radical (unpaired) electrons. The highest BCUT2D eigenvalue weighted by Gasteiger charge is 2.61. The largest absolute Gasteiger partial charge is 0.454 e. The molecule has 2 aliphatic heterocycles. The van der Waals surface area contributed by atoms with Crippen LogP contribution >= 0.6 is 0 Å². The van der Waals surface area contributed by atoms with Gasteiger partial charge in [0.2, 0.25) is 0 Å². The van der Waals surface area contributed by atoms with Gasteiger partial charge in [-0.3, -0.25) is 4.79 Å². The predicted molar refractivity (Wildman–Crippen MR) is 97.6 cm³/mol. The lowest BCUT2D eigenvalue weighted by Gasteiger charge is -2.35. The fraction of sp³-hybridized carbons (Fsp3) is 0.286. The zero-order chi connectivity index (χ0) is 21.1. The van der Waals surface area contributed by atoms with Gasteiger partial charge in [-0.2, -0.15) is 8.78 Å². The number of imide groups is 1. The topological polar surface area (TPSA) is 72.9 Å². The van der Waals surface area contributed by atoms with Crippen LogP contribution in [0.15, 0.2) is 42.5 Å². The van der Waals surface area contributed by atoms with Crippen molar-refractivity contribution in [1.82, 2.24) is 0 Å². The average Bonchev–Trinajstić information content (AvgIpc) is 2.87. The molecule has 2 aliphatic rings. The Hall–Kier alpha value is -3.29. The zero-order valence-corrected chi connectivity index (χ0v) is 15.9. The third-order valence-corrected chi connectivity index (χ3v) is 5.12. The first-order valence-electron chi connectivity index (χ1n) is 8.95. The van der Waals surface area contributed by atoms with Crippen LogP contribution < -0.4 is 4.90 Å². The first kappa shape index (κ1) is 19.0. The quantitative estimate of drug-likeness (QED) is 0.712. The van der Waals surface area contributed by atoms with Crippen molar-refractivity contribution >= 4 is 23.7 Å². The molecule has 0 saturated carbocycles. The SMILES string of the molecule is C[C@H](OC(=O)c1ccccc1)c1ccc2c3c1C(F)(F)C(=O)N3C(=O)OC2(C)C. The Balaban J connectivity index is 1.82. The lowest BCUT2D eigenvalue weighted by Crippen LogP contribution is -2.46. The van der Waals surface area contributed by atoms with Crippen LogP contribution in [0.2, 0.25) is 0 Å². The summed E-state index contributed by atoms with van der Waals surface area (Å²) in [7, 11) is 0. The summed E-state index contributed by atoms with van der Waals surface area (Å²) >= 11 is 0. The Kier molecular flexibility index (Phi) is 4.01. The molecule has 0 spiro atoms. The summed E-state index contributed by atoms with van der Waals surface area (Å²) in [5.41, 5.74) is -1.51. The van der Waals surface area contributed by atoms with Gasteiger partial charge in [0.05, 0.1) is 16.8 Å². The van der Waals surface area contributed by atoms with Gasteiger partial charge < -0.3 is 9.47 Å². The van der Waals surface area contributed by atoms with E-state index in [0.29, 0.717) is 4.90 Å². The van der Waals surface area contributed by atoms with Crippen molar-refractivity contribution in [3.8, 4) is 0 Å². The molecule has 0 aliphatic carbocycles. The molecule has 2 amide bonds. The Bertz CT molecular complexity index is 1050. The van der Waals surface area contributed by atoms with Gasteiger partial charge in [0.25, 0.3) is 0 Å². The van der Waals surface area contributed by atoms with Crippen LogP contribution in [0, 0.1) is 0 Å². The highest BCUT2D eigenvalue weighted by molar-refractivity contribution is 6.21. The van der Waals surface area contributed by atoms with E-state index in [9.17, 15) is 23.2 Å². The summed E-state index contributed by atoms with van der Waals surface area (Å²) in [5, 5.41) is 0. The number of rotatable bonds is 3. The Morgan fingerprint density at radius 1 is 1.10 bits per heavy atom. The van der Waals surface area contributed by atoms with Gasteiger partial charge in [-0.05, 0) is 32.9 Å². The number of cyclic esters (lactones) is 1. The van der Waals surface area contributed by atoms with Crippen molar-refractivity contribution < 1.29 is 32.6 Å². The maximum atomic E-state index is 14.9. The van der Waals surface area contributed by atoms with Gasteiger partial charge in [-0.15, -0.1) is 0 Å². The molecular weight excluding hydrogens is 384 g/mol. The van der Waals surface area contributed by atoms with Crippen molar-refractivity contribution in [3.05, 3.63) is 64.7 Å². The number of carbonyl (C=O) groups excluding carboxylic acids is 3. The number of ether oxygens (including phenoxy) is 2. The number of hydrogen-bond acceptors (Lipinski definition) is 5. The number of alkyl halides is 2. The maximum absolute atomic E-state index is 14.9. The second-order valence-corrected chi connectivity index (χ2v) is 7.43. The van der Waals surface area contributed by atoms with E-state index < -0.39 is 41.2 Å². The van der Waals surface area contributed by atoms with E-state index >= 15 is 0 Å². The monoisotopic (exact) mass is 401 g/mol. The van der Waals surface area contributed by atoms with E-state index in [1.807, 2.05) is 0 Å². The number of hydrogen-bond donors (Lipinski definition) is 0. The first-order chi connectivity index (χ1) is 13.6. The van der Waals surface area contributed by atoms with Crippen molar-refractivity contribution in [1.29, 1.82) is 0 Å². The number of carbonyl (C=O) groups is 3. The van der Waals surface area contributed by atoms with Crippen LogP contribution in [0.1, 0.15) is 53.9 Å². The van der Waals surface area contributed by atoms with Crippen LogP contribution in [0.3, 0.4) is 0 Å². The van der Waals surface area contributed by atoms with E-state index in [0.717, 1.165) is 0 Å². The standard InChI is InChI=1S/C21H17F2NO5/c1-11(28-17(25)12-7-5-4-6-8-12)13-9-10-14-16-15(13)21(22,23)18(26)24(16)19(27)29-20(14,2)3/h4-11H,1-3H3/t11-/m0/s1. The van der Waals surface area contributed by atoms with Crippen molar-refractivity contribution in [3.63, 3.8) is 0 Å². The summed E-state index contributed by atoms with van der Waals surface area (Å²) in [4.78, 5) is 37.3. The number of anilines is 1. The Labute approximate surface area is 165 Å². The van der Waals surface area contributed by atoms with Crippen LogP contribution in [-0.4, -0.2) is 18.0 Å². The third-order valence-electron chi connectivity index (χ3n) is 5.12. The van der Waals surface area contributed by atoms with Gasteiger partial charge in [-0.1, -0.05) is 30.3 Å². The van der Waals surface area contributed by atoms with Crippen LogP contribution in [0.25, 0.3) is 0 Å². The molecule has 150 valence electrons. The number of nitrogens with zero attached hydrogens (tertiary/aromatic N) is 1. The van der Waals surface area contributed by atoms with Crippen LogP contribution in [-0.2, 0) is 25.8 Å². The number of amides is 2. The lowest BCUT2D eigenvalue weighted by molar-refractivity contribution is -0.141. The fourth-order valence-electron chi connectivity index (χ4n) is 3.70. The third kappa shape index (κ3) is 2.70. The molecule has 8 heteroatoms. The van der Waals surface area contributed by atoms with E-state index in [4.69, 9.17) is 9.47 Å². The molecule has 1 atom stereocenters. The van der Waals surface area contributed by atoms with E-state index in [1.165, 1.54) is 19.1 Å². The maximum Gasteiger partial charge on any atom is 0.422 e. The zero-order valence-electron chi connectivity index (χ0n) is 15.9. The van der Waals surface area contributed by atoms with Crippen molar-refractivity contribution in [2.45, 2.75) is 38.4 Å². The second-order valence-electron chi connectivity index (χ2n) is 7.43. The second kappa shape index (κ2) is 6.10. The molecule has 2 aromatic carbocycles. The molecule has 0 fully saturated rings. The van der Waals surface area contributed by atoms with E-state index in [1.54, 1.807) is 44.2 Å². The Morgan fingerprint density at radius 2 is 1.76 bits per heavy atom. The molecule has 2 heterocycles. The highest BCUT2D eigenvalue weighted by atomic mass is 19.3. The molecular formula is C21H17F2NO5. The summed E-state index contributed by atoms with van der Waals surface area (Å²) in [6.07, 6.45) is -2.24. The van der Waals surface area contributed by atoms with Crippen molar-refractivity contribution in [2.75, 3.05) is 4.90 Å². The fourth-order valence-corrected chi connectivity index (χ4v) is 3.70. The van der Waals surface area contributed by atoms with Crippen LogP contribution in [0.4, 0.5) is 19.3 Å². The van der Waals surface area contributed by atoms with Crippen molar-refractivity contribution in [2.24, 2.45) is 0 Å². The molecule has 6 nitrogen and oxygen atoms in total. The molecule has 0 unspecified atom stereocenters. The molecule has 0 N–H and O–H groups in total. The minimum atomic E-state index is -3.95. The molecule has 0 aromatic heterocycles. The van der Waals surface area contributed by atoms with Gasteiger partial charge in [0, 0.05) is 11.1 Å². The highest BCUT2D eigenvalue weighted by Crippen LogP contribution is 2.54. The minimum Gasteiger partial charge on any atom is -0.454 e. The molecule has 4 rings (SSSR count). The molecule has 29 heavy (non-hydrogen) atoms. The lowest BCUT2D eigenvalue weighted by atomic mass is 9.88. The van der Waals surface area contributed by atoms with Gasteiger partial charge in [0.15, 0.2) is 0 Å². The first-order valence-corrected chi connectivity index (χ1v) is 8.95. The average molecular weight is 401 g/mol. The normalized spacial score (nSPS) is 19.4. The van der Waals surface area contributed by atoms with Gasteiger partial charge in [-0.25, -0.2) is 14.5 Å². The smallest absolute Gasteiger partial charge is 0.422 e. The van der Waals surface area contributed by atoms with Gasteiger partial charge >= 0.3 is 23.9 Å². The van der Waals surface area contributed by atoms with Gasteiger partial charge in [0.1, 0.15) is 11.7 Å². The van der Waals surface area contributed by atoms with E-state index in [-0.39, 0.29) is 22.4 Å². The minimum absolute atomic E-state index is 0.0422. The molecule has 2 aromatic rings. The number of benzene rings is 2. The number of esters is 1. The predicted octanol–water partition coefficient (Wildman–Crippen LogP) is 4.43. The molecule has 0 saturated heterocycles. The van der Waals surface area contributed by atoms with E-state index in [2.05, 4.69) is 0 Å². The Morgan fingerprint density at radius 3 is 2.41 bits per heavy atom. The summed E-state index contributed by atoms with van der Waals surface area (Å²) < 4.78 is 40.4. The van der Waals surface area contributed by atoms with Crippen LogP contribution in [0.5, 0.6) is 0 Å². The summed E-state index contributed by atoms with van der Waals surface area (Å²) in [5.74, 6) is -6.32.